The third kappa shape index (κ3) is 4.81. The average Bonchev–Trinajstić information content (AvgIpc) is 2.23. The van der Waals surface area contributed by atoms with Gasteiger partial charge in [0.2, 0.25) is 10.0 Å². The largest absolute Gasteiger partial charge is 0.393 e. The van der Waals surface area contributed by atoms with Crippen LogP contribution in [-0.4, -0.2) is 20.0 Å². The van der Waals surface area contributed by atoms with Crippen LogP contribution in [0.1, 0.15) is 12.8 Å². The molecule has 0 amide bonds. The summed E-state index contributed by atoms with van der Waals surface area (Å²) in [6.07, 6.45) is 1.06. The number of nitrogens with two attached hydrogens (primary N) is 1. The topological polar surface area (TPSA) is 72.2 Å². The second-order valence-electron chi connectivity index (χ2n) is 3.54. The normalized spacial score (nSPS) is 11.4. The van der Waals surface area contributed by atoms with Crippen LogP contribution in [0, 0.1) is 0 Å². The molecule has 0 bridgehead atoms. The molecule has 1 rings (SSSR count). The minimum atomic E-state index is -3.59. The molecule has 0 radical (unpaired) electrons. The van der Waals surface area contributed by atoms with Crippen LogP contribution in [-0.2, 0) is 10.0 Å². The zero-order chi connectivity index (χ0) is 13.8. The Morgan fingerprint density at radius 3 is 2.72 bits per heavy atom. The van der Waals surface area contributed by atoms with Crippen molar-refractivity contribution in [2.75, 3.05) is 6.54 Å². The van der Waals surface area contributed by atoms with Crippen molar-refractivity contribution < 1.29 is 8.42 Å². The fraction of sp³-hybridized carbons (Fsp3) is 0.300. The summed E-state index contributed by atoms with van der Waals surface area (Å²) < 4.78 is 27.0. The molecule has 18 heavy (non-hydrogen) atoms. The van der Waals surface area contributed by atoms with Gasteiger partial charge in [0.05, 0.1) is 10.0 Å². The first kappa shape index (κ1) is 15.8. The summed E-state index contributed by atoms with van der Waals surface area (Å²) in [5.74, 6) is 0. The monoisotopic (exact) mass is 370 g/mol. The summed E-state index contributed by atoms with van der Waals surface area (Å²) in [6.45, 7) is 0.270. The van der Waals surface area contributed by atoms with E-state index in [1.807, 2.05) is 0 Å². The zero-order valence-corrected chi connectivity index (χ0v) is 13.3. The highest BCUT2D eigenvalue weighted by Gasteiger charge is 2.17. The molecule has 100 valence electrons. The summed E-state index contributed by atoms with van der Waals surface area (Å²) >= 11 is 13.8. The number of hydrogen-bond donors (Lipinski definition) is 2. The van der Waals surface area contributed by atoms with Gasteiger partial charge in [0, 0.05) is 11.0 Å². The van der Waals surface area contributed by atoms with E-state index >= 15 is 0 Å². The van der Waals surface area contributed by atoms with Gasteiger partial charge in [0.1, 0.15) is 4.90 Å². The summed E-state index contributed by atoms with van der Waals surface area (Å²) in [5.41, 5.74) is 5.32. The molecule has 0 saturated carbocycles. The van der Waals surface area contributed by atoms with E-state index < -0.39 is 10.0 Å². The lowest BCUT2D eigenvalue weighted by atomic mass is 10.3. The van der Waals surface area contributed by atoms with Crippen molar-refractivity contribution in [1.82, 2.24) is 4.72 Å². The van der Waals surface area contributed by atoms with Crippen molar-refractivity contribution in [3.8, 4) is 0 Å². The van der Waals surface area contributed by atoms with Gasteiger partial charge in [-0.25, -0.2) is 13.1 Å². The third-order valence-corrected chi connectivity index (χ3v) is 4.72. The first-order chi connectivity index (χ1) is 8.33. The Kier molecular flexibility index (Phi) is 6.00. The van der Waals surface area contributed by atoms with Gasteiger partial charge in [-0.15, -0.1) is 0 Å². The molecule has 0 aromatic heterocycles. The van der Waals surface area contributed by atoms with Gasteiger partial charge in [-0.3, -0.25) is 0 Å². The van der Waals surface area contributed by atoms with Crippen LogP contribution in [0.5, 0.6) is 0 Å². The molecule has 3 N–H and O–H groups in total. The highest BCUT2D eigenvalue weighted by Crippen LogP contribution is 2.24. The van der Waals surface area contributed by atoms with Gasteiger partial charge in [0.25, 0.3) is 0 Å². The molecule has 1 aromatic carbocycles. The van der Waals surface area contributed by atoms with Crippen molar-refractivity contribution in [2.24, 2.45) is 5.73 Å². The number of halogens is 2. The van der Waals surface area contributed by atoms with Gasteiger partial charge < -0.3 is 5.73 Å². The molecular formula is C10H12BrClN2O2S2. The number of benzene rings is 1. The third-order valence-electron chi connectivity index (χ3n) is 2.08. The van der Waals surface area contributed by atoms with Gasteiger partial charge in [-0.2, -0.15) is 0 Å². The Morgan fingerprint density at radius 2 is 2.17 bits per heavy atom. The number of sulfonamides is 1. The van der Waals surface area contributed by atoms with Crippen molar-refractivity contribution in [3.63, 3.8) is 0 Å². The van der Waals surface area contributed by atoms with Crippen LogP contribution in [0.2, 0.25) is 5.02 Å². The van der Waals surface area contributed by atoms with E-state index in [4.69, 9.17) is 29.6 Å². The van der Waals surface area contributed by atoms with E-state index in [9.17, 15) is 8.42 Å². The van der Waals surface area contributed by atoms with Crippen LogP contribution in [0.4, 0.5) is 0 Å². The maximum atomic E-state index is 11.9. The van der Waals surface area contributed by atoms with Crippen LogP contribution >= 0.6 is 39.7 Å². The van der Waals surface area contributed by atoms with Crippen LogP contribution in [0.3, 0.4) is 0 Å². The molecule has 0 fully saturated rings. The van der Waals surface area contributed by atoms with Crippen molar-refractivity contribution >= 4 is 54.8 Å². The fourth-order valence-electron chi connectivity index (χ4n) is 1.24. The van der Waals surface area contributed by atoms with E-state index in [1.54, 1.807) is 6.07 Å². The minimum absolute atomic E-state index is 0.0580. The van der Waals surface area contributed by atoms with Crippen LogP contribution < -0.4 is 10.5 Å². The Labute approximate surface area is 125 Å². The molecule has 0 atom stereocenters. The molecule has 0 aliphatic carbocycles. The molecule has 0 unspecified atom stereocenters. The maximum absolute atomic E-state index is 11.9. The van der Waals surface area contributed by atoms with Crippen molar-refractivity contribution in [3.05, 3.63) is 27.7 Å². The highest BCUT2D eigenvalue weighted by atomic mass is 79.9. The Bertz CT molecular complexity index is 549. The van der Waals surface area contributed by atoms with Gasteiger partial charge in [0.15, 0.2) is 0 Å². The molecule has 0 heterocycles. The lowest BCUT2D eigenvalue weighted by Crippen LogP contribution is -2.26. The summed E-state index contributed by atoms with van der Waals surface area (Å²) in [6, 6.07) is 4.60. The Hall–Kier alpha value is -0.210. The van der Waals surface area contributed by atoms with Crippen molar-refractivity contribution in [2.45, 2.75) is 17.7 Å². The molecule has 8 heteroatoms. The number of nitrogens with one attached hydrogen (secondary N) is 1. The van der Waals surface area contributed by atoms with Crippen LogP contribution in [0.15, 0.2) is 27.6 Å². The standard InChI is InChI=1S/C10H12BrClN2O2S2/c11-7-3-4-9(8(12)6-7)18(15,16)14-5-1-2-10(13)17/h3-4,6,14H,1-2,5H2,(H2,13,17). The fourth-order valence-corrected chi connectivity index (χ4v) is 3.49. The number of rotatable bonds is 6. The van der Waals surface area contributed by atoms with E-state index in [0.29, 0.717) is 17.8 Å². The minimum Gasteiger partial charge on any atom is -0.393 e. The number of hydrogen-bond acceptors (Lipinski definition) is 3. The smallest absolute Gasteiger partial charge is 0.242 e. The predicted molar refractivity (Wildman–Crippen MR) is 80.4 cm³/mol. The predicted octanol–water partition coefficient (Wildman–Crippen LogP) is 2.45. The first-order valence-corrected chi connectivity index (χ1v) is 8.12. The summed E-state index contributed by atoms with van der Waals surface area (Å²) in [7, 11) is -3.59. The number of thiocarbonyl (C=S) groups is 1. The van der Waals surface area contributed by atoms with Crippen molar-refractivity contribution in [1.29, 1.82) is 0 Å². The van der Waals surface area contributed by atoms with E-state index in [0.717, 1.165) is 4.47 Å². The molecule has 4 nitrogen and oxygen atoms in total. The average molecular weight is 372 g/mol. The quantitative estimate of drug-likeness (QED) is 0.595. The zero-order valence-electron chi connectivity index (χ0n) is 9.32. The first-order valence-electron chi connectivity index (χ1n) is 5.06. The summed E-state index contributed by atoms with van der Waals surface area (Å²) in [5, 5.41) is 0.172. The second-order valence-corrected chi connectivity index (χ2v) is 7.13. The maximum Gasteiger partial charge on any atom is 0.242 e. The molecule has 0 spiro atoms. The molecular weight excluding hydrogens is 360 g/mol. The lowest BCUT2D eigenvalue weighted by Gasteiger charge is -2.08. The Balaban J connectivity index is 2.71. The van der Waals surface area contributed by atoms with Gasteiger partial charge in [-0.05, 0) is 31.0 Å². The lowest BCUT2D eigenvalue weighted by molar-refractivity contribution is 0.580. The van der Waals surface area contributed by atoms with E-state index in [1.165, 1.54) is 12.1 Å². The van der Waals surface area contributed by atoms with Gasteiger partial charge >= 0.3 is 0 Å². The molecule has 0 aliphatic heterocycles. The molecule has 0 aliphatic rings. The summed E-state index contributed by atoms with van der Waals surface area (Å²) in [4.78, 5) is 0.429. The SMILES string of the molecule is NC(=S)CCCNS(=O)(=O)c1ccc(Br)cc1Cl. The van der Waals surface area contributed by atoms with E-state index in [-0.39, 0.29) is 16.5 Å². The Morgan fingerprint density at radius 1 is 1.50 bits per heavy atom. The van der Waals surface area contributed by atoms with E-state index in [2.05, 4.69) is 20.7 Å². The molecule has 0 saturated heterocycles. The van der Waals surface area contributed by atoms with Crippen LogP contribution in [0.25, 0.3) is 0 Å². The highest BCUT2D eigenvalue weighted by molar-refractivity contribution is 9.10. The molecule has 1 aromatic rings. The second kappa shape index (κ2) is 6.81. The van der Waals surface area contributed by atoms with Gasteiger partial charge in [-0.1, -0.05) is 39.7 Å².